The van der Waals surface area contributed by atoms with Crippen molar-refractivity contribution in [3.05, 3.63) is 60.8 Å². The molecule has 0 fully saturated rings. The number of phosphoric ester groups is 1. The van der Waals surface area contributed by atoms with E-state index in [0.29, 0.717) is 6.42 Å². The number of rotatable bonds is 42. The summed E-state index contributed by atoms with van der Waals surface area (Å²) in [7, 11) is -4.39. The molecule has 330 valence electrons. The SMILES string of the molecule is CCCCCC=CCC=CCC=CCCCCCCC(=O)O[C@H](COC(=O)CCCCCCCCCCCC=CCC=CCCCCC)COP(=O)(O)OCCN. The fourth-order valence-electron chi connectivity index (χ4n) is 5.96. The first-order valence-corrected chi connectivity index (χ1v) is 24.3. The second kappa shape index (κ2) is 43.3. The molecule has 2 atom stereocenters. The molecule has 0 aromatic heterocycles. The van der Waals surface area contributed by atoms with Crippen LogP contribution in [0.1, 0.15) is 194 Å². The Labute approximate surface area is 349 Å². The molecule has 0 aliphatic heterocycles. The van der Waals surface area contributed by atoms with E-state index in [4.69, 9.17) is 24.3 Å². The van der Waals surface area contributed by atoms with Crippen LogP contribution in [0, 0.1) is 0 Å². The van der Waals surface area contributed by atoms with Crippen LogP contribution in [0.25, 0.3) is 0 Å². The van der Waals surface area contributed by atoms with E-state index < -0.39 is 32.5 Å². The standard InChI is InChI=1S/C47H84NO8P/c1-3-5-7-9-11-13-15-17-19-21-22-24-25-27-29-31-33-35-37-39-46(49)53-43-45(44-55-57(51,52)54-42-41-48)56-47(50)40-38-36-34-32-30-28-26-23-20-18-16-14-12-10-8-6-4-2/h11-14,17-20,26,28,45H,3-10,15-16,21-25,27,29-44,48H2,1-2H3,(H,51,52)/t45-/m1/s1. The Balaban J connectivity index is 4.17. The summed E-state index contributed by atoms with van der Waals surface area (Å²) in [5.41, 5.74) is 5.35. The molecule has 1 unspecified atom stereocenters. The second-order valence-corrected chi connectivity index (χ2v) is 16.4. The van der Waals surface area contributed by atoms with E-state index in [-0.39, 0.29) is 32.6 Å². The molecule has 0 radical (unpaired) electrons. The van der Waals surface area contributed by atoms with E-state index in [1.807, 2.05) is 0 Å². The van der Waals surface area contributed by atoms with Crippen LogP contribution in [0.15, 0.2) is 60.8 Å². The lowest BCUT2D eigenvalue weighted by atomic mass is 10.1. The third-order valence-corrected chi connectivity index (χ3v) is 10.4. The van der Waals surface area contributed by atoms with E-state index in [9.17, 15) is 19.0 Å². The van der Waals surface area contributed by atoms with Gasteiger partial charge in [-0.25, -0.2) is 4.57 Å². The van der Waals surface area contributed by atoms with E-state index in [2.05, 4.69) is 74.6 Å². The van der Waals surface area contributed by atoms with Crippen LogP contribution in [-0.2, 0) is 32.7 Å². The van der Waals surface area contributed by atoms with Gasteiger partial charge >= 0.3 is 19.8 Å². The molecule has 0 aromatic rings. The minimum absolute atomic E-state index is 0.0465. The molecule has 10 heteroatoms. The summed E-state index contributed by atoms with van der Waals surface area (Å²) in [5, 5.41) is 0. The van der Waals surface area contributed by atoms with Crippen molar-refractivity contribution in [2.45, 2.75) is 200 Å². The van der Waals surface area contributed by atoms with Crippen molar-refractivity contribution in [2.24, 2.45) is 5.73 Å². The zero-order valence-corrected chi connectivity index (χ0v) is 37.2. The summed E-state index contributed by atoms with van der Waals surface area (Å²) in [4.78, 5) is 34.9. The Morgan fingerprint density at radius 1 is 0.526 bits per heavy atom. The molecular formula is C47H84NO8P. The normalized spacial score (nSPS) is 13.8. The molecule has 9 nitrogen and oxygen atoms in total. The fraction of sp³-hybridized carbons (Fsp3) is 0.745. The average molecular weight is 822 g/mol. The lowest BCUT2D eigenvalue weighted by Crippen LogP contribution is -2.29. The van der Waals surface area contributed by atoms with Crippen molar-refractivity contribution >= 4 is 19.8 Å². The van der Waals surface area contributed by atoms with Gasteiger partial charge in [-0.2, -0.15) is 0 Å². The van der Waals surface area contributed by atoms with Gasteiger partial charge in [0.2, 0.25) is 0 Å². The lowest BCUT2D eigenvalue weighted by Gasteiger charge is -2.19. The molecule has 57 heavy (non-hydrogen) atoms. The van der Waals surface area contributed by atoms with Crippen LogP contribution in [0.4, 0.5) is 0 Å². The summed E-state index contributed by atoms with van der Waals surface area (Å²) in [6.45, 7) is 3.65. The molecule has 0 saturated heterocycles. The number of hydrogen-bond acceptors (Lipinski definition) is 8. The van der Waals surface area contributed by atoms with Gasteiger partial charge in [0.25, 0.3) is 0 Å². The largest absolute Gasteiger partial charge is 0.472 e. The fourth-order valence-corrected chi connectivity index (χ4v) is 6.73. The zero-order chi connectivity index (χ0) is 41.8. The van der Waals surface area contributed by atoms with Crippen LogP contribution in [0.3, 0.4) is 0 Å². The number of unbranched alkanes of at least 4 members (excludes halogenated alkanes) is 19. The third kappa shape index (κ3) is 43.1. The quantitative estimate of drug-likeness (QED) is 0.0267. The number of esters is 2. The molecule has 0 spiro atoms. The summed E-state index contributed by atoms with van der Waals surface area (Å²) >= 11 is 0. The molecule has 0 aromatic carbocycles. The molecular weight excluding hydrogens is 737 g/mol. The Kier molecular flexibility index (Phi) is 41.6. The zero-order valence-electron chi connectivity index (χ0n) is 36.3. The van der Waals surface area contributed by atoms with Crippen molar-refractivity contribution in [2.75, 3.05) is 26.4 Å². The van der Waals surface area contributed by atoms with Crippen molar-refractivity contribution in [1.29, 1.82) is 0 Å². The first kappa shape index (κ1) is 54.7. The Hall–Kier alpha value is -2.29. The lowest BCUT2D eigenvalue weighted by molar-refractivity contribution is -0.161. The number of allylic oxidation sites excluding steroid dienone is 10. The number of phosphoric acid groups is 1. The van der Waals surface area contributed by atoms with E-state index in [1.54, 1.807) is 0 Å². The average Bonchev–Trinajstić information content (AvgIpc) is 3.20. The molecule has 0 saturated carbocycles. The minimum atomic E-state index is -4.39. The highest BCUT2D eigenvalue weighted by atomic mass is 31.2. The predicted octanol–water partition coefficient (Wildman–Crippen LogP) is 13.3. The van der Waals surface area contributed by atoms with Gasteiger partial charge in [-0.3, -0.25) is 18.6 Å². The number of hydrogen-bond donors (Lipinski definition) is 2. The van der Waals surface area contributed by atoms with Gasteiger partial charge in [-0.15, -0.1) is 0 Å². The van der Waals surface area contributed by atoms with Crippen molar-refractivity contribution in [3.63, 3.8) is 0 Å². The smallest absolute Gasteiger partial charge is 0.462 e. The minimum Gasteiger partial charge on any atom is -0.462 e. The Morgan fingerprint density at radius 3 is 1.35 bits per heavy atom. The van der Waals surface area contributed by atoms with Crippen LogP contribution in [0.2, 0.25) is 0 Å². The van der Waals surface area contributed by atoms with Crippen LogP contribution < -0.4 is 5.73 Å². The predicted molar refractivity (Wildman–Crippen MR) is 238 cm³/mol. The second-order valence-electron chi connectivity index (χ2n) is 14.9. The van der Waals surface area contributed by atoms with E-state index >= 15 is 0 Å². The van der Waals surface area contributed by atoms with Crippen molar-refractivity contribution in [3.8, 4) is 0 Å². The van der Waals surface area contributed by atoms with Gasteiger partial charge in [-0.05, 0) is 83.5 Å². The summed E-state index contributed by atoms with van der Waals surface area (Å²) in [5.74, 6) is -0.860. The van der Waals surface area contributed by atoms with Gasteiger partial charge in [0.1, 0.15) is 6.61 Å². The summed E-state index contributed by atoms with van der Waals surface area (Å²) in [6.07, 6.45) is 51.0. The Morgan fingerprint density at radius 2 is 0.912 bits per heavy atom. The molecule has 3 N–H and O–H groups in total. The van der Waals surface area contributed by atoms with Crippen LogP contribution in [-0.4, -0.2) is 49.3 Å². The summed E-state index contributed by atoms with van der Waals surface area (Å²) in [6, 6.07) is 0. The third-order valence-electron chi connectivity index (χ3n) is 9.38. The molecule has 0 rings (SSSR count). The van der Waals surface area contributed by atoms with Gasteiger partial charge in [0, 0.05) is 19.4 Å². The Bertz CT molecular complexity index is 1120. The maximum Gasteiger partial charge on any atom is 0.472 e. The molecule has 0 heterocycles. The van der Waals surface area contributed by atoms with Crippen LogP contribution >= 0.6 is 7.82 Å². The number of carbonyl (C=O) groups excluding carboxylic acids is 2. The van der Waals surface area contributed by atoms with Gasteiger partial charge in [0.15, 0.2) is 6.10 Å². The molecule has 0 bridgehead atoms. The van der Waals surface area contributed by atoms with Crippen molar-refractivity contribution < 1.29 is 37.6 Å². The highest BCUT2D eigenvalue weighted by molar-refractivity contribution is 7.47. The number of nitrogens with two attached hydrogens (primary N) is 1. The number of ether oxygens (including phenoxy) is 2. The van der Waals surface area contributed by atoms with Gasteiger partial charge in [-0.1, -0.05) is 158 Å². The monoisotopic (exact) mass is 822 g/mol. The van der Waals surface area contributed by atoms with Crippen molar-refractivity contribution in [1.82, 2.24) is 0 Å². The molecule has 0 amide bonds. The highest BCUT2D eigenvalue weighted by Gasteiger charge is 2.26. The first-order chi connectivity index (χ1) is 27.8. The van der Waals surface area contributed by atoms with Crippen LogP contribution in [0.5, 0.6) is 0 Å². The van der Waals surface area contributed by atoms with E-state index in [1.165, 1.54) is 83.5 Å². The maximum atomic E-state index is 12.6. The summed E-state index contributed by atoms with van der Waals surface area (Å²) < 4.78 is 32.8. The first-order valence-electron chi connectivity index (χ1n) is 22.8. The maximum absolute atomic E-state index is 12.6. The van der Waals surface area contributed by atoms with E-state index in [0.717, 1.165) is 77.0 Å². The van der Waals surface area contributed by atoms with Gasteiger partial charge < -0.3 is 20.1 Å². The highest BCUT2D eigenvalue weighted by Crippen LogP contribution is 2.43. The molecule has 0 aliphatic rings. The topological polar surface area (TPSA) is 134 Å². The van der Waals surface area contributed by atoms with Gasteiger partial charge in [0.05, 0.1) is 13.2 Å². The molecule has 0 aliphatic carbocycles. The number of carbonyl (C=O) groups is 2.